The summed E-state index contributed by atoms with van der Waals surface area (Å²) in [6, 6.07) is 6.35. The van der Waals surface area contributed by atoms with E-state index in [0.29, 0.717) is 11.3 Å². The highest BCUT2D eigenvalue weighted by atomic mass is 16.4. The highest BCUT2D eigenvalue weighted by molar-refractivity contribution is 5.87. The lowest BCUT2D eigenvalue weighted by Crippen LogP contribution is -2.01. The van der Waals surface area contributed by atoms with Gasteiger partial charge in [0.1, 0.15) is 0 Å². The van der Waals surface area contributed by atoms with Gasteiger partial charge in [0.25, 0.3) is 0 Å². The first-order chi connectivity index (χ1) is 8.54. The Hall–Kier alpha value is -2.43. The molecule has 2 rings (SSSR count). The first kappa shape index (κ1) is 12.0. The molecular formula is C13H12N2O3. The molecule has 0 atom stereocenters. The number of aldehydes is 1. The number of aryl methyl sites for hydroxylation is 1. The lowest BCUT2D eigenvalue weighted by atomic mass is 10.2. The Balaban J connectivity index is 2.49. The molecule has 1 heterocycles. The van der Waals surface area contributed by atoms with E-state index in [9.17, 15) is 9.59 Å². The van der Waals surface area contributed by atoms with E-state index < -0.39 is 5.97 Å². The molecule has 0 spiro atoms. The quantitative estimate of drug-likeness (QED) is 0.838. The van der Waals surface area contributed by atoms with Gasteiger partial charge in [-0.05, 0) is 38.1 Å². The van der Waals surface area contributed by atoms with Crippen molar-refractivity contribution in [3.8, 4) is 5.69 Å². The number of carbonyl (C=O) groups excluding carboxylic acids is 1. The van der Waals surface area contributed by atoms with Crippen LogP contribution in [-0.4, -0.2) is 27.1 Å². The molecule has 0 aliphatic carbocycles. The largest absolute Gasteiger partial charge is 0.478 e. The van der Waals surface area contributed by atoms with E-state index in [2.05, 4.69) is 5.10 Å². The lowest BCUT2D eigenvalue weighted by molar-refractivity contribution is 0.0696. The van der Waals surface area contributed by atoms with Crippen LogP contribution in [0.1, 0.15) is 32.1 Å². The van der Waals surface area contributed by atoms with Crippen molar-refractivity contribution < 1.29 is 14.7 Å². The van der Waals surface area contributed by atoms with Crippen LogP contribution in [0, 0.1) is 13.8 Å². The Labute approximate surface area is 104 Å². The van der Waals surface area contributed by atoms with Crippen molar-refractivity contribution in [1.29, 1.82) is 0 Å². The first-order valence-electron chi connectivity index (χ1n) is 5.39. The predicted molar refractivity (Wildman–Crippen MR) is 65.4 cm³/mol. The molecule has 0 radical (unpaired) electrons. The molecule has 18 heavy (non-hydrogen) atoms. The molecular weight excluding hydrogens is 232 g/mol. The van der Waals surface area contributed by atoms with Gasteiger partial charge in [-0.15, -0.1) is 0 Å². The number of aromatic carboxylic acids is 1. The average molecular weight is 244 g/mol. The third-order valence-corrected chi connectivity index (χ3v) is 2.82. The van der Waals surface area contributed by atoms with Crippen LogP contribution < -0.4 is 0 Å². The SMILES string of the molecule is Cc1nn(-c2ccc(C(=O)O)cc2)c(C)c1C=O. The summed E-state index contributed by atoms with van der Waals surface area (Å²) in [5.74, 6) is -0.969. The van der Waals surface area contributed by atoms with Crippen LogP contribution in [0.4, 0.5) is 0 Å². The lowest BCUT2D eigenvalue weighted by Gasteiger charge is -2.04. The number of hydrogen-bond donors (Lipinski definition) is 1. The van der Waals surface area contributed by atoms with Gasteiger partial charge in [-0.3, -0.25) is 4.79 Å². The Morgan fingerprint density at radius 1 is 1.28 bits per heavy atom. The minimum absolute atomic E-state index is 0.218. The van der Waals surface area contributed by atoms with Gasteiger partial charge in [0, 0.05) is 0 Å². The Morgan fingerprint density at radius 3 is 2.33 bits per heavy atom. The monoisotopic (exact) mass is 244 g/mol. The third-order valence-electron chi connectivity index (χ3n) is 2.82. The van der Waals surface area contributed by atoms with Crippen LogP contribution in [0.25, 0.3) is 5.69 Å². The summed E-state index contributed by atoms with van der Waals surface area (Å²) in [4.78, 5) is 21.7. The van der Waals surface area contributed by atoms with E-state index in [1.54, 1.807) is 30.7 Å². The fourth-order valence-electron chi connectivity index (χ4n) is 1.82. The highest BCUT2D eigenvalue weighted by Crippen LogP contribution is 2.16. The van der Waals surface area contributed by atoms with Crippen molar-refractivity contribution in [3.05, 3.63) is 46.8 Å². The van der Waals surface area contributed by atoms with E-state index in [1.165, 1.54) is 12.1 Å². The van der Waals surface area contributed by atoms with Crippen molar-refractivity contribution in [2.45, 2.75) is 13.8 Å². The summed E-state index contributed by atoms with van der Waals surface area (Å²) >= 11 is 0. The smallest absolute Gasteiger partial charge is 0.335 e. The molecule has 5 heteroatoms. The molecule has 0 fully saturated rings. The molecule has 2 aromatic rings. The number of benzene rings is 1. The van der Waals surface area contributed by atoms with Crippen molar-refractivity contribution in [1.82, 2.24) is 9.78 Å². The fraction of sp³-hybridized carbons (Fsp3) is 0.154. The Bertz CT molecular complexity index is 612. The average Bonchev–Trinajstić information content (AvgIpc) is 2.64. The molecule has 1 N–H and O–H groups in total. The first-order valence-corrected chi connectivity index (χ1v) is 5.39. The molecule has 0 unspecified atom stereocenters. The van der Waals surface area contributed by atoms with Crippen LogP contribution in [0.3, 0.4) is 0 Å². The molecule has 0 aliphatic heterocycles. The summed E-state index contributed by atoms with van der Waals surface area (Å²) in [5.41, 5.74) is 2.91. The number of carboxylic acid groups (broad SMARTS) is 1. The zero-order valence-corrected chi connectivity index (χ0v) is 10.0. The molecule has 0 saturated carbocycles. The van der Waals surface area contributed by atoms with Gasteiger partial charge >= 0.3 is 5.97 Å². The van der Waals surface area contributed by atoms with Crippen molar-refractivity contribution in [3.63, 3.8) is 0 Å². The molecule has 1 aromatic heterocycles. The molecule has 92 valence electrons. The van der Waals surface area contributed by atoms with Crippen molar-refractivity contribution >= 4 is 12.3 Å². The van der Waals surface area contributed by atoms with Gasteiger partial charge in [-0.2, -0.15) is 5.10 Å². The van der Waals surface area contributed by atoms with Gasteiger partial charge in [0.2, 0.25) is 0 Å². The third kappa shape index (κ3) is 1.90. The molecule has 0 aliphatic rings. The molecule has 0 amide bonds. The summed E-state index contributed by atoms with van der Waals surface area (Å²) in [6.07, 6.45) is 0.778. The zero-order chi connectivity index (χ0) is 13.3. The van der Waals surface area contributed by atoms with Gasteiger partial charge in [-0.25, -0.2) is 9.48 Å². The maximum atomic E-state index is 10.9. The van der Waals surface area contributed by atoms with E-state index in [4.69, 9.17) is 5.11 Å². The number of hydrogen-bond acceptors (Lipinski definition) is 3. The number of carboxylic acids is 1. The second kappa shape index (κ2) is 4.44. The normalized spacial score (nSPS) is 10.3. The molecule has 0 bridgehead atoms. The van der Waals surface area contributed by atoms with Gasteiger partial charge in [0.05, 0.1) is 28.2 Å². The summed E-state index contributed by atoms with van der Waals surface area (Å²) in [7, 11) is 0. The zero-order valence-electron chi connectivity index (χ0n) is 10.0. The van der Waals surface area contributed by atoms with Crippen molar-refractivity contribution in [2.24, 2.45) is 0 Å². The van der Waals surface area contributed by atoms with Crippen LogP contribution in [0.5, 0.6) is 0 Å². The summed E-state index contributed by atoms with van der Waals surface area (Å²) in [6.45, 7) is 3.56. The Morgan fingerprint density at radius 2 is 1.89 bits per heavy atom. The minimum Gasteiger partial charge on any atom is -0.478 e. The number of rotatable bonds is 3. The second-order valence-corrected chi connectivity index (χ2v) is 3.97. The van der Waals surface area contributed by atoms with Crippen LogP contribution >= 0.6 is 0 Å². The predicted octanol–water partition coefficient (Wildman–Crippen LogP) is 2.00. The summed E-state index contributed by atoms with van der Waals surface area (Å²) < 4.78 is 1.63. The van der Waals surface area contributed by atoms with E-state index in [0.717, 1.165) is 17.7 Å². The maximum Gasteiger partial charge on any atom is 0.335 e. The van der Waals surface area contributed by atoms with Crippen molar-refractivity contribution in [2.75, 3.05) is 0 Å². The fourth-order valence-corrected chi connectivity index (χ4v) is 1.82. The topological polar surface area (TPSA) is 72.2 Å². The van der Waals surface area contributed by atoms with Crippen LogP contribution in [0.2, 0.25) is 0 Å². The number of nitrogens with zero attached hydrogens (tertiary/aromatic N) is 2. The number of aromatic nitrogens is 2. The summed E-state index contributed by atoms with van der Waals surface area (Å²) in [5, 5.41) is 13.1. The standard InChI is InChI=1S/C13H12N2O3/c1-8-12(7-16)9(2)15(14-8)11-5-3-10(4-6-11)13(17)18/h3-7H,1-2H3,(H,17,18). The molecule has 0 saturated heterocycles. The number of carbonyl (C=O) groups is 2. The highest BCUT2D eigenvalue weighted by Gasteiger charge is 2.12. The van der Waals surface area contributed by atoms with Crippen LogP contribution in [0.15, 0.2) is 24.3 Å². The van der Waals surface area contributed by atoms with E-state index in [-0.39, 0.29) is 5.56 Å². The van der Waals surface area contributed by atoms with Gasteiger partial charge in [0.15, 0.2) is 6.29 Å². The Kier molecular flexibility index (Phi) is 2.97. The van der Waals surface area contributed by atoms with E-state index in [1.807, 2.05) is 0 Å². The van der Waals surface area contributed by atoms with Gasteiger partial charge in [-0.1, -0.05) is 0 Å². The molecule has 1 aromatic carbocycles. The van der Waals surface area contributed by atoms with Crippen LogP contribution in [-0.2, 0) is 0 Å². The van der Waals surface area contributed by atoms with E-state index >= 15 is 0 Å². The molecule has 5 nitrogen and oxygen atoms in total. The maximum absolute atomic E-state index is 10.9. The minimum atomic E-state index is -0.969. The van der Waals surface area contributed by atoms with Gasteiger partial charge < -0.3 is 5.11 Å². The second-order valence-electron chi connectivity index (χ2n) is 3.97.